The van der Waals surface area contributed by atoms with Crippen LogP contribution in [0.4, 0.5) is 11.4 Å². The molecule has 2 aromatic carbocycles. The van der Waals surface area contributed by atoms with Crippen molar-refractivity contribution in [3.05, 3.63) is 59.2 Å². The molecule has 0 radical (unpaired) electrons. The molecule has 26 heavy (non-hydrogen) atoms. The molecule has 1 heterocycles. The number of piperazine rings is 1. The number of carbonyl (C=O) groups excluding carboxylic acids is 1. The van der Waals surface area contributed by atoms with Crippen LogP contribution in [-0.4, -0.2) is 43.0 Å². The number of hydrogen-bond donors (Lipinski definition) is 1. The van der Waals surface area contributed by atoms with E-state index in [1.165, 1.54) is 22.4 Å². The van der Waals surface area contributed by atoms with Gasteiger partial charge >= 0.3 is 0 Å². The number of nitrogens with one attached hydrogen (secondary N) is 1. The van der Waals surface area contributed by atoms with Gasteiger partial charge in [-0.1, -0.05) is 23.8 Å². The van der Waals surface area contributed by atoms with Crippen LogP contribution in [0.2, 0.25) is 0 Å². The zero-order valence-electron chi connectivity index (χ0n) is 16.2. The number of aryl methyl sites for hydroxylation is 3. The number of anilines is 2. The van der Waals surface area contributed by atoms with Gasteiger partial charge in [-0.3, -0.25) is 9.69 Å². The Labute approximate surface area is 156 Å². The Morgan fingerprint density at radius 3 is 2.42 bits per heavy atom. The number of nitrogens with zero attached hydrogens (tertiary/aromatic N) is 2. The van der Waals surface area contributed by atoms with Crippen LogP contribution in [0.15, 0.2) is 42.5 Å². The molecule has 3 rings (SSSR count). The van der Waals surface area contributed by atoms with Gasteiger partial charge in [-0.15, -0.1) is 0 Å². The second kappa shape index (κ2) is 7.92. The fourth-order valence-corrected chi connectivity index (χ4v) is 3.52. The van der Waals surface area contributed by atoms with Crippen molar-refractivity contribution >= 4 is 17.3 Å². The molecule has 1 unspecified atom stereocenters. The molecule has 4 heteroatoms. The predicted octanol–water partition coefficient (Wildman–Crippen LogP) is 3.76. The van der Waals surface area contributed by atoms with Crippen LogP contribution < -0.4 is 10.2 Å². The Balaban J connectivity index is 1.54. The molecule has 1 N–H and O–H groups in total. The van der Waals surface area contributed by atoms with E-state index in [-0.39, 0.29) is 5.91 Å². The highest BCUT2D eigenvalue weighted by Crippen LogP contribution is 2.21. The summed E-state index contributed by atoms with van der Waals surface area (Å²) in [4.78, 5) is 17.1. The first kappa shape index (κ1) is 18.5. The van der Waals surface area contributed by atoms with E-state index in [0.717, 1.165) is 25.3 Å². The van der Waals surface area contributed by atoms with Crippen LogP contribution in [0.5, 0.6) is 0 Å². The van der Waals surface area contributed by atoms with E-state index >= 15 is 0 Å². The van der Waals surface area contributed by atoms with Crippen molar-refractivity contribution in [1.29, 1.82) is 0 Å². The van der Waals surface area contributed by atoms with E-state index in [2.05, 4.69) is 67.1 Å². The number of amides is 1. The van der Waals surface area contributed by atoms with Gasteiger partial charge in [-0.2, -0.15) is 0 Å². The van der Waals surface area contributed by atoms with Crippen molar-refractivity contribution in [1.82, 2.24) is 4.90 Å². The molecule has 0 aliphatic carbocycles. The number of rotatable bonds is 4. The summed E-state index contributed by atoms with van der Waals surface area (Å²) in [6.07, 6.45) is 0. The quantitative estimate of drug-likeness (QED) is 0.911. The second-order valence-corrected chi connectivity index (χ2v) is 7.46. The normalized spacial score (nSPS) is 18.0. The van der Waals surface area contributed by atoms with Crippen molar-refractivity contribution in [3.8, 4) is 0 Å². The maximum absolute atomic E-state index is 12.4. The van der Waals surface area contributed by atoms with Gasteiger partial charge in [0, 0.05) is 37.1 Å². The minimum Gasteiger partial charge on any atom is -0.366 e. The molecular formula is C22H29N3O. The molecule has 1 saturated heterocycles. The van der Waals surface area contributed by atoms with Crippen LogP contribution in [-0.2, 0) is 4.79 Å². The fraction of sp³-hybridized carbons (Fsp3) is 0.409. The van der Waals surface area contributed by atoms with Crippen LogP contribution >= 0.6 is 0 Å². The third-order valence-electron chi connectivity index (χ3n) is 5.24. The van der Waals surface area contributed by atoms with E-state index in [0.29, 0.717) is 12.6 Å². The van der Waals surface area contributed by atoms with Crippen LogP contribution in [0, 0.1) is 20.8 Å². The second-order valence-electron chi connectivity index (χ2n) is 7.46. The van der Waals surface area contributed by atoms with E-state index in [9.17, 15) is 4.79 Å². The van der Waals surface area contributed by atoms with Crippen LogP contribution in [0.1, 0.15) is 23.6 Å². The van der Waals surface area contributed by atoms with Gasteiger partial charge in [0.15, 0.2) is 0 Å². The van der Waals surface area contributed by atoms with Crippen molar-refractivity contribution in [2.75, 3.05) is 36.4 Å². The van der Waals surface area contributed by atoms with Gasteiger partial charge in [0.25, 0.3) is 0 Å². The molecule has 1 fully saturated rings. The zero-order valence-corrected chi connectivity index (χ0v) is 16.2. The van der Waals surface area contributed by atoms with Gasteiger partial charge in [0.05, 0.1) is 6.54 Å². The molecule has 2 aromatic rings. The van der Waals surface area contributed by atoms with Gasteiger partial charge in [0.1, 0.15) is 0 Å². The highest BCUT2D eigenvalue weighted by molar-refractivity contribution is 5.92. The SMILES string of the molecule is Cc1ccc(N2CCN(CC(=O)Nc3ccc(C)c(C)c3)CC2C)cc1. The summed E-state index contributed by atoms with van der Waals surface area (Å²) in [6, 6.07) is 15.1. The lowest BCUT2D eigenvalue weighted by Crippen LogP contribution is -2.53. The summed E-state index contributed by atoms with van der Waals surface area (Å²) >= 11 is 0. The molecule has 1 amide bonds. The Morgan fingerprint density at radius 1 is 1.04 bits per heavy atom. The van der Waals surface area contributed by atoms with E-state index < -0.39 is 0 Å². The molecule has 1 atom stereocenters. The summed E-state index contributed by atoms with van der Waals surface area (Å²) in [5.41, 5.74) is 5.86. The first-order valence-electron chi connectivity index (χ1n) is 9.35. The van der Waals surface area contributed by atoms with Crippen molar-refractivity contribution in [2.45, 2.75) is 33.7 Å². The third kappa shape index (κ3) is 4.44. The van der Waals surface area contributed by atoms with Crippen LogP contribution in [0.3, 0.4) is 0 Å². The van der Waals surface area contributed by atoms with Crippen LogP contribution in [0.25, 0.3) is 0 Å². The van der Waals surface area contributed by atoms with Gasteiger partial charge in [-0.25, -0.2) is 0 Å². The van der Waals surface area contributed by atoms with Crippen molar-refractivity contribution in [3.63, 3.8) is 0 Å². The average Bonchev–Trinajstić information content (AvgIpc) is 2.59. The first-order chi connectivity index (χ1) is 12.4. The highest BCUT2D eigenvalue weighted by Gasteiger charge is 2.25. The standard InChI is InChI=1S/C22H29N3O/c1-16-5-9-21(10-6-16)25-12-11-24(14-19(25)4)15-22(26)23-20-8-7-17(2)18(3)13-20/h5-10,13,19H,11-12,14-15H2,1-4H3,(H,23,26). The molecule has 0 saturated carbocycles. The predicted molar refractivity (Wildman–Crippen MR) is 109 cm³/mol. The fourth-order valence-electron chi connectivity index (χ4n) is 3.52. The number of benzene rings is 2. The van der Waals surface area contributed by atoms with Crippen molar-refractivity contribution in [2.24, 2.45) is 0 Å². The largest absolute Gasteiger partial charge is 0.366 e. The smallest absolute Gasteiger partial charge is 0.238 e. The summed E-state index contributed by atoms with van der Waals surface area (Å²) in [5.74, 6) is 0.0595. The number of carbonyl (C=O) groups is 1. The molecule has 138 valence electrons. The monoisotopic (exact) mass is 351 g/mol. The summed E-state index contributed by atoms with van der Waals surface area (Å²) in [5, 5.41) is 3.03. The minimum atomic E-state index is 0.0595. The Bertz CT molecular complexity index is 769. The lowest BCUT2D eigenvalue weighted by molar-refractivity contribution is -0.117. The van der Waals surface area contributed by atoms with E-state index in [1.54, 1.807) is 0 Å². The Hall–Kier alpha value is -2.33. The Kier molecular flexibility index (Phi) is 5.62. The van der Waals surface area contributed by atoms with Crippen molar-refractivity contribution < 1.29 is 4.79 Å². The highest BCUT2D eigenvalue weighted by atomic mass is 16.2. The van der Waals surface area contributed by atoms with Gasteiger partial charge < -0.3 is 10.2 Å². The van der Waals surface area contributed by atoms with E-state index in [1.807, 2.05) is 18.2 Å². The summed E-state index contributed by atoms with van der Waals surface area (Å²) in [7, 11) is 0. The topological polar surface area (TPSA) is 35.6 Å². The molecule has 1 aliphatic rings. The lowest BCUT2D eigenvalue weighted by Gasteiger charge is -2.41. The summed E-state index contributed by atoms with van der Waals surface area (Å²) < 4.78 is 0. The molecule has 0 bridgehead atoms. The lowest BCUT2D eigenvalue weighted by atomic mass is 10.1. The van der Waals surface area contributed by atoms with Gasteiger partial charge in [-0.05, 0) is 63.1 Å². The molecule has 1 aliphatic heterocycles. The maximum atomic E-state index is 12.4. The molecule has 0 aromatic heterocycles. The average molecular weight is 351 g/mol. The summed E-state index contributed by atoms with van der Waals surface area (Å²) in [6.45, 7) is 11.7. The third-order valence-corrected chi connectivity index (χ3v) is 5.24. The molecule has 0 spiro atoms. The van der Waals surface area contributed by atoms with E-state index in [4.69, 9.17) is 0 Å². The zero-order chi connectivity index (χ0) is 18.7. The molecular weight excluding hydrogens is 322 g/mol. The molecule has 4 nitrogen and oxygen atoms in total. The maximum Gasteiger partial charge on any atom is 0.238 e. The van der Waals surface area contributed by atoms with Gasteiger partial charge in [0.2, 0.25) is 5.91 Å². The Morgan fingerprint density at radius 2 is 1.77 bits per heavy atom. The first-order valence-corrected chi connectivity index (χ1v) is 9.35. The minimum absolute atomic E-state index is 0.0595. The number of hydrogen-bond acceptors (Lipinski definition) is 3.